The van der Waals surface area contributed by atoms with Crippen LogP contribution < -0.4 is 0 Å². The van der Waals surface area contributed by atoms with Crippen LogP contribution in [0, 0.1) is 0 Å². The number of methoxy groups -OCH3 is 1. The topological polar surface area (TPSA) is 26.3 Å². The van der Waals surface area contributed by atoms with Crippen LogP contribution in [0.25, 0.3) is 0 Å². The Balaban J connectivity index is 2.15. The molecule has 1 heterocycles. The summed E-state index contributed by atoms with van der Waals surface area (Å²) in [7, 11) is 1.42. The van der Waals surface area contributed by atoms with Gasteiger partial charge in [-0.25, -0.2) is 4.79 Å². The first-order valence-corrected chi connectivity index (χ1v) is 5.50. The minimum Gasteiger partial charge on any atom is -0.466 e. The summed E-state index contributed by atoms with van der Waals surface area (Å²) in [4.78, 5) is 12.4. The summed E-state index contributed by atoms with van der Waals surface area (Å²) >= 11 is 1.77. The van der Waals surface area contributed by atoms with Crippen LogP contribution in [0.15, 0.2) is 23.1 Å². The Morgan fingerprint density at radius 3 is 3.21 bits per heavy atom. The third-order valence-electron chi connectivity index (χ3n) is 2.46. The highest BCUT2D eigenvalue weighted by Gasteiger charge is 2.14. The van der Waals surface area contributed by atoms with E-state index in [4.69, 9.17) is 0 Å². The molecule has 0 spiro atoms. The number of hydrogen-bond donors (Lipinski definition) is 0. The molecule has 1 aromatic heterocycles. The first-order valence-electron chi connectivity index (χ1n) is 4.62. The van der Waals surface area contributed by atoms with Crippen molar-refractivity contribution in [3.05, 3.63) is 33.5 Å². The van der Waals surface area contributed by atoms with Crippen LogP contribution in [-0.2, 0) is 22.4 Å². The summed E-state index contributed by atoms with van der Waals surface area (Å²) < 4.78 is 4.61. The van der Waals surface area contributed by atoms with Crippen LogP contribution in [0.2, 0.25) is 0 Å². The third kappa shape index (κ3) is 1.87. The quantitative estimate of drug-likeness (QED) is 0.523. The summed E-state index contributed by atoms with van der Waals surface area (Å²) in [5.41, 5.74) is 2.63. The van der Waals surface area contributed by atoms with Crippen molar-refractivity contribution >= 4 is 17.3 Å². The maximum Gasteiger partial charge on any atom is 0.330 e. The van der Waals surface area contributed by atoms with Crippen LogP contribution in [0.1, 0.15) is 16.9 Å². The van der Waals surface area contributed by atoms with Crippen molar-refractivity contribution < 1.29 is 9.53 Å². The average molecular weight is 208 g/mol. The first kappa shape index (κ1) is 9.46. The minimum atomic E-state index is -0.236. The number of fused-ring (bicyclic) bond motifs is 1. The normalized spacial score (nSPS) is 17.9. The van der Waals surface area contributed by atoms with Gasteiger partial charge in [-0.2, -0.15) is 0 Å². The van der Waals surface area contributed by atoms with Gasteiger partial charge >= 0.3 is 5.97 Å². The van der Waals surface area contributed by atoms with Crippen molar-refractivity contribution in [2.24, 2.45) is 0 Å². The largest absolute Gasteiger partial charge is 0.466 e. The molecule has 0 aromatic carbocycles. The van der Waals surface area contributed by atoms with E-state index in [1.807, 2.05) is 0 Å². The number of ether oxygens (including phenoxy) is 1. The molecule has 0 aliphatic heterocycles. The van der Waals surface area contributed by atoms with Gasteiger partial charge in [0, 0.05) is 17.4 Å². The Morgan fingerprint density at radius 2 is 2.43 bits per heavy atom. The van der Waals surface area contributed by atoms with Gasteiger partial charge in [-0.05, 0) is 29.9 Å². The van der Waals surface area contributed by atoms with E-state index in [0.29, 0.717) is 0 Å². The molecule has 3 heteroatoms. The fourth-order valence-corrected chi connectivity index (χ4v) is 2.67. The van der Waals surface area contributed by atoms with E-state index in [1.165, 1.54) is 23.1 Å². The molecule has 2 nitrogen and oxygen atoms in total. The van der Waals surface area contributed by atoms with Gasteiger partial charge in [0.1, 0.15) is 0 Å². The zero-order valence-corrected chi connectivity index (χ0v) is 8.89. The molecule has 0 N–H and O–H groups in total. The second-order valence-electron chi connectivity index (χ2n) is 3.37. The smallest absolute Gasteiger partial charge is 0.330 e. The highest BCUT2D eigenvalue weighted by atomic mass is 32.1. The molecular weight excluding hydrogens is 196 g/mol. The fraction of sp³-hybridized carbons (Fsp3) is 0.364. The Bertz CT molecular complexity index is 376. The molecule has 0 atom stereocenters. The lowest BCUT2D eigenvalue weighted by atomic mass is 9.94. The first-order chi connectivity index (χ1) is 6.79. The lowest BCUT2D eigenvalue weighted by Crippen LogP contribution is -2.05. The monoisotopic (exact) mass is 208 g/mol. The standard InChI is InChI=1S/C11H12O2S/c1-13-11(12)7-8-2-3-9-4-5-14-10(9)6-8/h4-5,7H,2-3,6H2,1H3. The fourth-order valence-electron chi connectivity index (χ4n) is 1.68. The minimum absolute atomic E-state index is 0.236. The Kier molecular flexibility index (Phi) is 2.68. The zero-order valence-electron chi connectivity index (χ0n) is 8.08. The number of rotatable bonds is 1. The summed E-state index contributed by atoms with van der Waals surface area (Å²) in [6.07, 6.45) is 4.59. The summed E-state index contributed by atoms with van der Waals surface area (Å²) in [6, 6.07) is 2.18. The summed E-state index contributed by atoms with van der Waals surface area (Å²) in [5, 5.41) is 2.12. The van der Waals surface area contributed by atoms with Crippen LogP contribution in [0.5, 0.6) is 0 Å². The highest BCUT2D eigenvalue weighted by molar-refractivity contribution is 7.10. The van der Waals surface area contributed by atoms with E-state index in [-0.39, 0.29) is 5.97 Å². The van der Waals surface area contributed by atoms with E-state index in [1.54, 1.807) is 17.4 Å². The molecule has 14 heavy (non-hydrogen) atoms. The highest BCUT2D eigenvalue weighted by Crippen LogP contribution is 2.28. The van der Waals surface area contributed by atoms with Crippen molar-refractivity contribution in [3.63, 3.8) is 0 Å². The van der Waals surface area contributed by atoms with Crippen molar-refractivity contribution in [1.82, 2.24) is 0 Å². The number of thiophene rings is 1. The number of allylic oxidation sites excluding steroid dienone is 1. The summed E-state index contributed by atoms with van der Waals surface area (Å²) in [5.74, 6) is -0.236. The third-order valence-corrected chi connectivity index (χ3v) is 3.43. The molecule has 1 aliphatic carbocycles. The number of aryl methyl sites for hydroxylation is 1. The van der Waals surface area contributed by atoms with Crippen LogP contribution in [0.4, 0.5) is 0 Å². The second-order valence-corrected chi connectivity index (χ2v) is 4.37. The average Bonchev–Trinajstić information content (AvgIpc) is 2.64. The van der Waals surface area contributed by atoms with Crippen LogP contribution >= 0.6 is 11.3 Å². The Morgan fingerprint density at radius 1 is 1.57 bits per heavy atom. The van der Waals surface area contributed by atoms with Crippen molar-refractivity contribution in [2.45, 2.75) is 19.3 Å². The molecule has 0 bridgehead atoms. The van der Waals surface area contributed by atoms with E-state index >= 15 is 0 Å². The molecule has 0 saturated heterocycles. The summed E-state index contributed by atoms with van der Waals surface area (Å²) in [6.45, 7) is 0. The van der Waals surface area contributed by atoms with Gasteiger partial charge < -0.3 is 4.74 Å². The predicted octanol–water partition coefficient (Wildman–Crippen LogP) is 2.34. The molecule has 0 saturated carbocycles. The van der Waals surface area contributed by atoms with Crippen LogP contribution in [-0.4, -0.2) is 13.1 Å². The molecule has 0 fully saturated rings. The molecule has 1 aromatic rings. The van der Waals surface area contributed by atoms with Gasteiger partial charge in [-0.15, -0.1) is 11.3 Å². The Labute approximate surface area is 87.2 Å². The van der Waals surface area contributed by atoms with Gasteiger partial charge in [-0.3, -0.25) is 0 Å². The van der Waals surface area contributed by atoms with Gasteiger partial charge in [0.25, 0.3) is 0 Å². The van der Waals surface area contributed by atoms with E-state index in [2.05, 4.69) is 16.2 Å². The molecule has 0 unspecified atom stereocenters. The van der Waals surface area contributed by atoms with Crippen molar-refractivity contribution in [3.8, 4) is 0 Å². The van der Waals surface area contributed by atoms with Crippen LogP contribution in [0.3, 0.4) is 0 Å². The molecule has 1 aliphatic rings. The van der Waals surface area contributed by atoms with E-state index in [0.717, 1.165) is 19.3 Å². The number of carbonyl (C=O) groups is 1. The lowest BCUT2D eigenvalue weighted by molar-refractivity contribution is -0.134. The maximum absolute atomic E-state index is 11.0. The number of esters is 1. The zero-order chi connectivity index (χ0) is 9.97. The Hall–Kier alpha value is -1.09. The predicted molar refractivity (Wildman–Crippen MR) is 56.4 cm³/mol. The molecule has 2 rings (SSSR count). The molecular formula is C11H12O2S. The number of hydrogen-bond acceptors (Lipinski definition) is 3. The molecule has 0 amide bonds. The molecule has 74 valence electrons. The van der Waals surface area contributed by atoms with Gasteiger partial charge in [0.15, 0.2) is 0 Å². The van der Waals surface area contributed by atoms with Gasteiger partial charge in [-0.1, -0.05) is 5.57 Å². The van der Waals surface area contributed by atoms with Gasteiger partial charge in [0.2, 0.25) is 0 Å². The molecule has 0 radical (unpaired) electrons. The lowest BCUT2D eigenvalue weighted by Gasteiger charge is -2.13. The van der Waals surface area contributed by atoms with E-state index < -0.39 is 0 Å². The number of carbonyl (C=O) groups excluding carboxylic acids is 1. The second kappa shape index (κ2) is 3.96. The SMILES string of the molecule is COC(=O)C=C1CCc2ccsc2C1. The van der Waals surface area contributed by atoms with Crippen molar-refractivity contribution in [1.29, 1.82) is 0 Å². The van der Waals surface area contributed by atoms with Gasteiger partial charge in [0.05, 0.1) is 7.11 Å². The van der Waals surface area contributed by atoms with Crippen molar-refractivity contribution in [2.75, 3.05) is 7.11 Å². The maximum atomic E-state index is 11.0. The van der Waals surface area contributed by atoms with E-state index in [9.17, 15) is 4.79 Å².